The van der Waals surface area contributed by atoms with Crippen molar-refractivity contribution in [3.8, 4) is 0 Å². The number of hydrogen-bond donors (Lipinski definition) is 1. The monoisotopic (exact) mass is 222 g/mol. The number of halogens is 3. The highest BCUT2D eigenvalue weighted by Gasteiger charge is 2.32. The Morgan fingerprint density at radius 2 is 1.80 bits per heavy atom. The Kier molecular flexibility index (Phi) is 3.99. The lowest BCUT2D eigenvalue weighted by molar-refractivity contribution is -0.136. The summed E-state index contributed by atoms with van der Waals surface area (Å²) in [5, 5.41) is 7.70. The number of nitrogens with one attached hydrogen (secondary N) is 1. The molecule has 5 heteroatoms. The van der Waals surface area contributed by atoms with Gasteiger partial charge in [-0.3, -0.25) is 5.41 Å². The average Bonchev–Trinajstić information content (AvgIpc) is 2.15. The first-order valence-electron chi connectivity index (χ1n) is 5.26. The third-order valence-electron chi connectivity index (χ3n) is 2.82. The van der Waals surface area contributed by atoms with Gasteiger partial charge in [-0.25, -0.2) is 0 Å². The third-order valence-corrected chi connectivity index (χ3v) is 2.82. The molecule has 0 aliphatic heterocycles. The van der Waals surface area contributed by atoms with Gasteiger partial charge in [0, 0.05) is 13.0 Å². The Balaban J connectivity index is 2.44. The molecule has 0 bridgehead atoms. The van der Waals surface area contributed by atoms with Crippen molar-refractivity contribution in [1.82, 2.24) is 4.90 Å². The van der Waals surface area contributed by atoms with Crippen LogP contribution >= 0.6 is 0 Å². The minimum atomic E-state index is -4.21. The maximum atomic E-state index is 12.1. The van der Waals surface area contributed by atoms with Crippen molar-refractivity contribution in [2.45, 2.75) is 38.3 Å². The van der Waals surface area contributed by atoms with E-state index in [1.54, 1.807) is 0 Å². The Labute approximate surface area is 88.0 Å². The number of amidine groups is 1. The fourth-order valence-corrected chi connectivity index (χ4v) is 2.04. The van der Waals surface area contributed by atoms with Gasteiger partial charge in [-0.2, -0.15) is 13.2 Å². The number of nitrogens with zero attached hydrogens (tertiary/aromatic N) is 1. The van der Waals surface area contributed by atoms with E-state index in [9.17, 15) is 13.2 Å². The maximum Gasteiger partial charge on any atom is 0.405 e. The van der Waals surface area contributed by atoms with Crippen LogP contribution in [0.4, 0.5) is 13.2 Å². The van der Waals surface area contributed by atoms with E-state index in [1.165, 1.54) is 7.05 Å². The van der Waals surface area contributed by atoms with Gasteiger partial charge in [0.05, 0.1) is 5.84 Å². The highest BCUT2D eigenvalue weighted by atomic mass is 19.4. The second kappa shape index (κ2) is 4.86. The van der Waals surface area contributed by atoms with Crippen LogP contribution in [-0.2, 0) is 0 Å². The molecule has 0 unspecified atom stereocenters. The molecular weight excluding hydrogens is 205 g/mol. The molecule has 1 rings (SSSR count). The summed E-state index contributed by atoms with van der Waals surface area (Å²) in [6.45, 7) is -1.01. The zero-order chi connectivity index (χ0) is 11.5. The predicted molar refractivity (Wildman–Crippen MR) is 53.0 cm³/mol. The summed E-state index contributed by atoms with van der Waals surface area (Å²) in [5.74, 6) is 0.179. The molecule has 15 heavy (non-hydrogen) atoms. The van der Waals surface area contributed by atoms with Crippen molar-refractivity contribution < 1.29 is 13.2 Å². The van der Waals surface area contributed by atoms with E-state index in [4.69, 9.17) is 5.41 Å². The summed E-state index contributed by atoms with van der Waals surface area (Å²) >= 11 is 0. The van der Waals surface area contributed by atoms with E-state index >= 15 is 0 Å². The third kappa shape index (κ3) is 4.10. The van der Waals surface area contributed by atoms with Crippen molar-refractivity contribution in [3.63, 3.8) is 0 Å². The lowest BCUT2D eigenvalue weighted by Crippen LogP contribution is -2.39. The number of alkyl halides is 3. The van der Waals surface area contributed by atoms with Crippen molar-refractivity contribution in [1.29, 1.82) is 5.41 Å². The van der Waals surface area contributed by atoms with E-state index in [1.807, 2.05) is 0 Å². The molecule has 0 aromatic carbocycles. The quantitative estimate of drug-likeness (QED) is 0.564. The Morgan fingerprint density at radius 3 is 2.27 bits per heavy atom. The summed E-state index contributed by atoms with van der Waals surface area (Å²) in [6.07, 6.45) is 0.727. The van der Waals surface area contributed by atoms with Gasteiger partial charge in [-0.1, -0.05) is 19.3 Å². The fourth-order valence-electron chi connectivity index (χ4n) is 2.04. The van der Waals surface area contributed by atoms with Gasteiger partial charge in [0.1, 0.15) is 6.54 Å². The number of hydrogen-bond acceptors (Lipinski definition) is 1. The molecule has 1 N–H and O–H groups in total. The van der Waals surface area contributed by atoms with Crippen molar-refractivity contribution in [2.75, 3.05) is 13.6 Å². The molecule has 0 heterocycles. The first-order valence-corrected chi connectivity index (χ1v) is 5.26. The maximum absolute atomic E-state index is 12.1. The van der Waals surface area contributed by atoms with Gasteiger partial charge in [0.15, 0.2) is 0 Å². The van der Waals surface area contributed by atoms with Crippen LogP contribution in [-0.4, -0.2) is 30.5 Å². The summed E-state index contributed by atoms with van der Waals surface area (Å²) in [6, 6.07) is 0. The minimum Gasteiger partial charge on any atom is -0.354 e. The molecule has 2 nitrogen and oxygen atoms in total. The minimum absolute atomic E-state index is 0.0334. The predicted octanol–water partition coefficient (Wildman–Crippen LogP) is 3.04. The highest BCUT2D eigenvalue weighted by molar-refractivity contribution is 5.81. The van der Waals surface area contributed by atoms with Gasteiger partial charge in [0.2, 0.25) is 0 Å². The molecule has 0 saturated heterocycles. The molecule has 0 amide bonds. The molecule has 1 fully saturated rings. The molecular formula is C10H17F3N2. The van der Waals surface area contributed by atoms with E-state index in [0.29, 0.717) is 0 Å². The van der Waals surface area contributed by atoms with E-state index in [0.717, 1.165) is 37.0 Å². The normalized spacial score (nSPS) is 18.9. The first-order chi connectivity index (χ1) is 6.90. The highest BCUT2D eigenvalue weighted by Crippen LogP contribution is 2.26. The standard InChI is InChI=1S/C10H17F3N2/c1-15(7-10(11,12)13)9(14)8-5-3-2-4-6-8/h8,14H,2-7H2,1H3. The van der Waals surface area contributed by atoms with Gasteiger partial charge >= 0.3 is 6.18 Å². The SMILES string of the molecule is CN(CC(F)(F)F)C(=N)C1CCCCC1. The summed E-state index contributed by atoms with van der Waals surface area (Å²) in [5.41, 5.74) is 0. The van der Waals surface area contributed by atoms with Crippen LogP contribution in [0.3, 0.4) is 0 Å². The second-order valence-electron chi connectivity index (χ2n) is 4.19. The average molecular weight is 222 g/mol. The largest absolute Gasteiger partial charge is 0.405 e. The molecule has 88 valence electrons. The van der Waals surface area contributed by atoms with Gasteiger partial charge in [-0.05, 0) is 12.8 Å². The molecule has 0 atom stereocenters. The van der Waals surface area contributed by atoms with E-state index < -0.39 is 12.7 Å². The van der Waals surface area contributed by atoms with Crippen LogP contribution in [0.1, 0.15) is 32.1 Å². The summed E-state index contributed by atoms with van der Waals surface area (Å²) in [7, 11) is 1.35. The fraction of sp³-hybridized carbons (Fsp3) is 0.900. The Hall–Kier alpha value is -0.740. The van der Waals surface area contributed by atoms with Gasteiger partial charge in [0.25, 0.3) is 0 Å². The Bertz CT molecular complexity index is 219. The molecule has 1 saturated carbocycles. The van der Waals surface area contributed by atoms with Crippen LogP contribution in [0.2, 0.25) is 0 Å². The molecule has 1 aliphatic rings. The zero-order valence-corrected chi connectivity index (χ0v) is 8.90. The number of rotatable bonds is 2. The smallest absolute Gasteiger partial charge is 0.354 e. The Morgan fingerprint density at radius 1 is 1.27 bits per heavy atom. The molecule has 1 aliphatic carbocycles. The van der Waals surface area contributed by atoms with E-state index in [-0.39, 0.29) is 11.8 Å². The first kappa shape index (κ1) is 12.3. The van der Waals surface area contributed by atoms with Gasteiger partial charge in [-0.15, -0.1) is 0 Å². The summed E-state index contributed by atoms with van der Waals surface area (Å²) in [4.78, 5) is 1.02. The van der Waals surface area contributed by atoms with Crippen LogP contribution < -0.4 is 0 Å². The van der Waals surface area contributed by atoms with Crippen molar-refractivity contribution in [2.24, 2.45) is 5.92 Å². The van der Waals surface area contributed by atoms with Crippen LogP contribution in [0, 0.1) is 11.3 Å². The second-order valence-corrected chi connectivity index (χ2v) is 4.19. The summed E-state index contributed by atoms with van der Waals surface area (Å²) < 4.78 is 36.3. The molecule has 0 aromatic rings. The van der Waals surface area contributed by atoms with Crippen LogP contribution in [0.5, 0.6) is 0 Å². The van der Waals surface area contributed by atoms with Gasteiger partial charge < -0.3 is 4.90 Å². The molecule has 0 radical (unpaired) electrons. The van der Waals surface area contributed by atoms with Crippen LogP contribution in [0.25, 0.3) is 0 Å². The molecule has 0 spiro atoms. The topological polar surface area (TPSA) is 27.1 Å². The molecule has 0 aromatic heterocycles. The van der Waals surface area contributed by atoms with Crippen molar-refractivity contribution in [3.05, 3.63) is 0 Å². The zero-order valence-electron chi connectivity index (χ0n) is 8.90. The van der Waals surface area contributed by atoms with Crippen molar-refractivity contribution >= 4 is 5.84 Å². The lowest BCUT2D eigenvalue weighted by Gasteiger charge is -2.29. The van der Waals surface area contributed by atoms with Crippen LogP contribution in [0.15, 0.2) is 0 Å². The lowest BCUT2D eigenvalue weighted by atomic mass is 9.88. The van der Waals surface area contributed by atoms with E-state index in [2.05, 4.69) is 0 Å².